The third kappa shape index (κ3) is 3.89. The van der Waals surface area contributed by atoms with Crippen molar-refractivity contribution in [3.8, 4) is 5.75 Å². The van der Waals surface area contributed by atoms with Gasteiger partial charge in [0.15, 0.2) is 0 Å². The topological polar surface area (TPSA) is 38.3 Å². The maximum atomic E-state index is 12.1. The van der Waals surface area contributed by atoms with Crippen LogP contribution in [0.25, 0.3) is 0 Å². The fourth-order valence-corrected chi connectivity index (χ4v) is 2.02. The summed E-state index contributed by atoms with van der Waals surface area (Å²) in [5.41, 5.74) is 0.523. The van der Waals surface area contributed by atoms with Crippen LogP contribution in [0.4, 0.5) is 0 Å². The number of carbonyl (C=O) groups excluding carboxylic acids is 1. The number of hydrogen-bond acceptors (Lipinski definition) is 2. The van der Waals surface area contributed by atoms with E-state index in [9.17, 15) is 4.79 Å². The highest BCUT2D eigenvalue weighted by atomic mass is 79.9. The molecular weight excluding hydrogens is 318 g/mol. The van der Waals surface area contributed by atoms with Crippen molar-refractivity contribution >= 4 is 33.4 Å². The highest BCUT2D eigenvalue weighted by molar-refractivity contribution is 9.10. The van der Waals surface area contributed by atoms with Gasteiger partial charge in [0.25, 0.3) is 5.91 Å². The molecule has 2 atom stereocenters. The van der Waals surface area contributed by atoms with E-state index in [1.807, 2.05) is 19.9 Å². The molecule has 100 valence electrons. The summed E-state index contributed by atoms with van der Waals surface area (Å²) in [5.74, 6) is 1.13. The summed E-state index contributed by atoms with van der Waals surface area (Å²) >= 11 is 9.12. The van der Waals surface area contributed by atoms with Crippen LogP contribution < -0.4 is 10.1 Å². The number of halogens is 2. The fourth-order valence-electron chi connectivity index (χ4n) is 1.41. The van der Waals surface area contributed by atoms with Gasteiger partial charge in [-0.25, -0.2) is 0 Å². The molecule has 0 radical (unpaired) electrons. The summed E-state index contributed by atoms with van der Waals surface area (Å²) in [6, 6.07) is 5.33. The molecule has 3 nitrogen and oxygen atoms in total. The van der Waals surface area contributed by atoms with Crippen LogP contribution in [0.2, 0.25) is 0 Å². The molecule has 0 spiro atoms. The van der Waals surface area contributed by atoms with Crippen molar-refractivity contribution in [2.75, 3.05) is 13.0 Å². The Morgan fingerprint density at radius 1 is 1.50 bits per heavy atom. The van der Waals surface area contributed by atoms with Crippen molar-refractivity contribution in [3.05, 3.63) is 28.2 Å². The zero-order valence-corrected chi connectivity index (χ0v) is 13.0. The summed E-state index contributed by atoms with van der Waals surface area (Å²) in [5, 5.41) is 2.92. The minimum atomic E-state index is -0.149. The van der Waals surface area contributed by atoms with Gasteiger partial charge < -0.3 is 10.1 Å². The van der Waals surface area contributed by atoms with Gasteiger partial charge in [0.2, 0.25) is 0 Å². The maximum Gasteiger partial charge on any atom is 0.255 e. The van der Waals surface area contributed by atoms with Crippen LogP contribution in [0.5, 0.6) is 5.75 Å². The smallest absolute Gasteiger partial charge is 0.255 e. The lowest BCUT2D eigenvalue weighted by Crippen LogP contribution is -2.37. The molecule has 0 saturated carbocycles. The minimum Gasteiger partial charge on any atom is -0.496 e. The molecule has 1 aromatic carbocycles. The van der Waals surface area contributed by atoms with E-state index in [0.717, 1.165) is 4.47 Å². The highest BCUT2D eigenvalue weighted by Crippen LogP contribution is 2.23. The quantitative estimate of drug-likeness (QED) is 0.838. The lowest BCUT2D eigenvalue weighted by molar-refractivity contribution is 0.0928. The molecule has 0 aliphatic carbocycles. The molecular formula is C13H17BrClNO2. The molecule has 0 aromatic heterocycles. The van der Waals surface area contributed by atoms with E-state index < -0.39 is 0 Å². The Balaban J connectivity index is 2.84. The zero-order chi connectivity index (χ0) is 13.7. The van der Waals surface area contributed by atoms with Gasteiger partial charge >= 0.3 is 0 Å². The van der Waals surface area contributed by atoms with Gasteiger partial charge in [-0.15, -0.1) is 11.6 Å². The highest BCUT2D eigenvalue weighted by Gasteiger charge is 2.17. The molecule has 18 heavy (non-hydrogen) atoms. The fraction of sp³-hybridized carbons (Fsp3) is 0.462. The van der Waals surface area contributed by atoms with E-state index >= 15 is 0 Å². The van der Waals surface area contributed by atoms with Crippen LogP contribution in [0, 0.1) is 5.92 Å². The van der Waals surface area contributed by atoms with Gasteiger partial charge in [-0.2, -0.15) is 0 Å². The van der Waals surface area contributed by atoms with Crippen molar-refractivity contribution in [2.24, 2.45) is 5.92 Å². The Morgan fingerprint density at radius 2 is 2.17 bits per heavy atom. The number of amides is 1. The van der Waals surface area contributed by atoms with Crippen LogP contribution >= 0.6 is 27.5 Å². The van der Waals surface area contributed by atoms with E-state index in [-0.39, 0.29) is 17.9 Å². The molecule has 0 aliphatic rings. The average molecular weight is 335 g/mol. The van der Waals surface area contributed by atoms with Crippen molar-refractivity contribution in [2.45, 2.75) is 19.9 Å². The van der Waals surface area contributed by atoms with Crippen LogP contribution in [-0.4, -0.2) is 24.9 Å². The first kappa shape index (κ1) is 15.3. The van der Waals surface area contributed by atoms with Gasteiger partial charge in [0.1, 0.15) is 5.75 Å². The van der Waals surface area contributed by atoms with Gasteiger partial charge in [0.05, 0.1) is 12.7 Å². The van der Waals surface area contributed by atoms with Crippen LogP contribution in [-0.2, 0) is 0 Å². The lowest BCUT2D eigenvalue weighted by Gasteiger charge is -2.19. The molecule has 0 fully saturated rings. The molecule has 1 N–H and O–H groups in total. The van der Waals surface area contributed by atoms with Crippen LogP contribution in [0.1, 0.15) is 24.2 Å². The normalized spacial score (nSPS) is 13.8. The molecule has 1 rings (SSSR count). The summed E-state index contributed by atoms with van der Waals surface area (Å²) in [6.45, 7) is 3.94. The van der Waals surface area contributed by atoms with E-state index in [0.29, 0.717) is 17.2 Å². The minimum absolute atomic E-state index is 0.0170. The van der Waals surface area contributed by atoms with E-state index in [1.165, 1.54) is 0 Å². The predicted molar refractivity (Wildman–Crippen MR) is 77.5 cm³/mol. The Kier molecular flexibility index (Phi) is 5.96. The number of ether oxygens (including phenoxy) is 1. The van der Waals surface area contributed by atoms with Gasteiger partial charge in [-0.05, 0) is 31.0 Å². The monoisotopic (exact) mass is 333 g/mol. The second-order valence-electron chi connectivity index (χ2n) is 4.24. The first-order valence-electron chi connectivity index (χ1n) is 5.70. The largest absolute Gasteiger partial charge is 0.496 e. The molecule has 1 aromatic rings. The molecule has 0 saturated heterocycles. The van der Waals surface area contributed by atoms with Crippen LogP contribution in [0.3, 0.4) is 0 Å². The van der Waals surface area contributed by atoms with Gasteiger partial charge in [-0.3, -0.25) is 4.79 Å². The SMILES string of the molecule is COc1cc(Br)ccc1C(=O)NC(C)C(C)CCl. The molecule has 2 unspecified atom stereocenters. The number of methoxy groups -OCH3 is 1. The number of benzene rings is 1. The molecule has 0 bridgehead atoms. The van der Waals surface area contributed by atoms with Crippen molar-refractivity contribution < 1.29 is 9.53 Å². The summed E-state index contributed by atoms with van der Waals surface area (Å²) < 4.78 is 6.07. The van der Waals surface area contributed by atoms with Gasteiger partial charge in [0, 0.05) is 16.4 Å². The Bertz CT molecular complexity index is 425. The Morgan fingerprint density at radius 3 is 2.72 bits per heavy atom. The first-order chi connectivity index (χ1) is 8.49. The van der Waals surface area contributed by atoms with E-state index in [1.54, 1.807) is 19.2 Å². The van der Waals surface area contributed by atoms with Crippen LogP contribution in [0.15, 0.2) is 22.7 Å². The summed E-state index contributed by atoms with van der Waals surface area (Å²) in [6.07, 6.45) is 0. The third-order valence-corrected chi connectivity index (χ3v) is 3.84. The number of carbonyl (C=O) groups is 1. The van der Waals surface area contributed by atoms with Crippen molar-refractivity contribution in [1.82, 2.24) is 5.32 Å². The molecule has 5 heteroatoms. The van der Waals surface area contributed by atoms with Crippen molar-refractivity contribution in [3.63, 3.8) is 0 Å². The van der Waals surface area contributed by atoms with Crippen molar-refractivity contribution in [1.29, 1.82) is 0 Å². The molecule has 1 amide bonds. The van der Waals surface area contributed by atoms with Gasteiger partial charge in [-0.1, -0.05) is 22.9 Å². The van der Waals surface area contributed by atoms with E-state index in [2.05, 4.69) is 21.2 Å². The summed E-state index contributed by atoms with van der Waals surface area (Å²) in [4.78, 5) is 12.1. The standard InChI is InChI=1S/C13H17BrClNO2/c1-8(7-15)9(2)16-13(17)11-5-4-10(14)6-12(11)18-3/h4-6,8-9H,7H2,1-3H3,(H,16,17). The second kappa shape index (κ2) is 7.00. The number of alkyl halides is 1. The Labute approximate surface area is 121 Å². The third-order valence-electron chi connectivity index (χ3n) is 2.86. The average Bonchev–Trinajstić information content (AvgIpc) is 2.37. The number of nitrogens with one attached hydrogen (secondary N) is 1. The summed E-state index contributed by atoms with van der Waals surface area (Å²) in [7, 11) is 1.55. The zero-order valence-electron chi connectivity index (χ0n) is 10.7. The van der Waals surface area contributed by atoms with E-state index in [4.69, 9.17) is 16.3 Å². The maximum absolute atomic E-state index is 12.1. The second-order valence-corrected chi connectivity index (χ2v) is 5.46. The Hall–Kier alpha value is -0.740. The molecule has 0 heterocycles. The number of rotatable bonds is 5. The number of hydrogen-bond donors (Lipinski definition) is 1. The first-order valence-corrected chi connectivity index (χ1v) is 7.02. The predicted octanol–water partition coefficient (Wildman–Crippen LogP) is 3.45. The molecule has 0 aliphatic heterocycles. The lowest BCUT2D eigenvalue weighted by atomic mass is 10.1.